The molecule has 2 aromatic rings. The number of rotatable bonds is 6. The SMILES string of the molecule is c1ccc(Cc2nccc(NCC3(N4CCOCC4)CCSC3)n2)cc1. The molecule has 138 valence electrons. The lowest BCUT2D eigenvalue weighted by atomic mass is 9.95. The van der Waals surface area contributed by atoms with Gasteiger partial charge in [0.05, 0.1) is 13.2 Å². The summed E-state index contributed by atoms with van der Waals surface area (Å²) in [5, 5.41) is 3.60. The highest BCUT2D eigenvalue weighted by atomic mass is 32.2. The Bertz CT molecular complexity index is 700. The third kappa shape index (κ3) is 4.19. The minimum absolute atomic E-state index is 0.221. The number of thioether (sulfide) groups is 1. The summed E-state index contributed by atoms with van der Waals surface area (Å²) in [7, 11) is 0. The van der Waals surface area contributed by atoms with Crippen LogP contribution in [0.1, 0.15) is 17.8 Å². The van der Waals surface area contributed by atoms with Gasteiger partial charge >= 0.3 is 0 Å². The van der Waals surface area contributed by atoms with E-state index >= 15 is 0 Å². The summed E-state index contributed by atoms with van der Waals surface area (Å²) in [4.78, 5) is 11.8. The van der Waals surface area contributed by atoms with Crippen LogP contribution in [-0.2, 0) is 11.2 Å². The normalized spacial score (nSPS) is 23.8. The Morgan fingerprint density at radius 3 is 2.77 bits per heavy atom. The highest BCUT2D eigenvalue weighted by Crippen LogP contribution is 2.34. The molecule has 4 rings (SSSR count). The fourth-order valence-corrected chi connectivity index (χ4v) is 5.23. The van der Waals surface area contributed by atoms with Gasteiger partial charge in [0, 0.05) is 43.5 Å². The molecule has 1 unspecified atom stereocenters. The smallest absolute Gasteiger partial charge is 0.135 e. The number of ether oxygens (including phenoxy) is 1. The highest BCUT2D eigenvalue weighted by molar-refractivity contribution is 7.99. The zero-order valence-corrected chi connectivity index (χ0v) is 15.9. The molecule has 1 N–H and O–H groups in total. The number of anilines is 1. The van der Waals surface area contributed by atoms with Gasteiger partial charge < -0.3 is 10.1 Å². The minimum atomic E-state index is 0.221. The highest BCUT2D eigenvalue weighted by Gasteiger charge is 2.40. The van der Waals surface area contributed by atoms with Crippen molar-refractivity contribution >= 4 is 17.6 Å². The summed E-state index contributed by atoms with van der Waals surface area (Å²) >= 11 is 2.06. The first kappa shape index (κ1) is 17.8. The molecule has 0 amide bonds. The quantitative estimate of drug-likeness (QED) is 0.844. The van der Waals surface area contributed by atoms with Gasteiger partial charge in [-0.2, -0.15) is 11.8 Å². The van der Waals surface area contributed by atoms with Crippen molar-refractivity contribution in [2.24, 2.45) is 0 Å². The van der Waals surface area contributed by atoms with Crippen molar-refractivity contribution < 1.29 is 4.74 Å². The molecular formula is C20H26N4OS. The predicted octanol–water partition coefficient (Wildman–Crippen LogP) is 2.69. The van der Waals surface area contributed by atoms with Crippen LogP contribution in [-0.4, -0.2) is 64.8 Å². The van der Waals surface area contributed by atoms with Gasteiger partial charge in [-0.15, -0.1) is 0 Å². The second-order valence-corrected chi connectivity index (χ2v) is 8.11. The zero-order chi connectivity index (χ0) is 17.7. The molecule has 0 bridgehead atoms. The van der Waals surface area contributed by atoms with Gasteiger partial charge in [-0.1, -0.05) is 30.3 Å². The maximum atomic E-state index is 5.55. The molecule has 0 spiro atoms. The largest absolute Gasteiger partial charge is 0.379 e. The van der Waals surface area contributed by atoms with E-state index in [0.29, 0.717) is 0 Å². The molecule has 5 nitrogen and oxygen atoms in total. The molecular weight excluding hydrogens is 344 g/mol. The Morgan fingerprint density at radius 1 is 1.15 bits per heavy atom. The number of nitrogens with one attached hydrogen (secondary N) is 1. The van der Waals surface area contributed by atoms with Crippen LogP contribution in [0, 0.1) is 0 Å². The number of morpholine rings is 1. The molecule has 1 atom stereocenters. The Morgan fingerprint density at radius 2 is 2.00 bits per heavy atom. The van der Waals surface area contributed by atoms with Crippen LogP contribution in [0.5, 0.6) is 0 Å². The van der Waals surface area contributed by atoms with Gasteiger partial charge in [-0.3, -0.25) is 4.90 Å². The van der Waals surface area contributed by atoms with Crippen LogP contribution in [0.3, 0.4) is 0 Å². The number of hydrogen-bond acceptors (Lipinski definition) is 6. The van der Waals surface area contributed by atoms with Crippen molar-refractivity contribution in [3.8, 4) is 0 Å². The maximum absolute atomic E-state index is 5.55. The van der Waals surface area contributed by atoms with Crippen molar-refractivity contribution in [2.75, 3.05) is 49.7 Å². The summed E-state index contributed by atoms with van der Waals surface area (Å²) in [6.45, 7) is 4.70. The summed E-state index contributed by atoms with van der Waals surface area (Å²) in [6.07, 6.45) is 3.85. The Labute approximate surface area is 159 Å². The van der Waals surface area contributed by atoms with Crippen molar-refractivity contribution in [3.05, 3.63) is 54.0 Å². The lowest BCUT2D eigenvalue weighted by molar-refractivity contribution is -0.00922. The van der Waals surface area contributed by atoms with Gasteiger partial charge in [0.1, 0.15) is 11.6 Å². The summed E-state index contributed by atoms with van der Waals surface area (Å²) in [5.41, 5.74) is 1.46. The van der Waals surface area contributed by atoms with Gasteiger partial charge in [-0.05, 0) is 23.8 Å². The monoisotopic (exact) mass is 370 g/mol. The molecule has 0 aliphatic carbocycles. The van der Waals surface area contributed by atoms with Crippen LogP contribution >= 0.6 is 11.8 Å². The summed E-state index contributed by atoms with van der Waals surface area (Å²) in [6, 6.07) is 12.4. The number of nitrogens with zero attached hydrogens (tertiary/aromatic N) is 3. The number of aromatic nitrogens is 2. The van der Waals surface area contributed by atoms with Crippen LogP contribution in [0.4, 0.5) is 5.82 Å². The molecule has 1 aromatic carbocycles. The van der Waals surface area contributed by atoms with Gasteiger partial charge in [0.25, 0.3) is 0 Å². The predicted molar refractivity (Wildman–Crippen MR) is 107 cm³/mol. The standard InChI is InChI=1S/C20H26N4OS/c1-2-4-17(5-3-1)14-19-21-8-6-18(23-19)22-15-20(7-13-26-16-20)24-9-11-25-12-10-24/h1-6,8H,7,9-16H2,(H,21,22,23). The van der Waals surface area contributed by atoms with Gasteiger partial charge in [-0.25, -0.2) is 9.97 Å². The molecule has 2 aliphatic heterocycles. The lowest BCUT2D eigenvalue weighted by Crippen LogP contribution is -2.57. The maximum Gasteiger partial charge on any atom is 0.135 e. The summed E-state index contributed by atoms with van der Waals surface area (Å²) < 4.78 is 5.55. The second-order valence-electron chi connectivity index (χ2n) is 7.00. The molecule has 0 radical (unpaired) electrons. The topological polar surface area (TPSA) is 50.3 Å². The molecule has 3 heterocycles. The van der Waals surface area contributed by atoms with Crippen LogP contribution in [0.2, 0.25) is 0 Å². The molecule has 2 fully saturated rings. The Kier molecular flexibility index (Phi) is 5.72. The van der Waals surface area contributed by atoms with E-state index in [0.717, 1.165) is 50.9 Å². The lowest BCUT2D eigenvalue weighted by Gasteiger charge is -2.43. The number of benzene rings is 1. The number of hydrogen-bond donors (Lipinski definition) is 1. The first-order valence-electron chi connectivity index (χ1n) is 9.34. The molecule has 2 aliphatic rings. The van der Waals surface area contributed by atoms with Crippen LogP contribution in [0.15, 0.2) is 42.6 Å². The average Bonchev–Trinajstić information content (AvgIpc) is 3.19. The first-order chi connectivity index (χ1) is 12.8. The first-order valence-corrected chi connectivity index (χ1v) is 10.5. The van der Waals surface area contributed by atoms with Crippen molar-refractivity contribution in [1.29, 1.82) is 0 Å². The van der Waals surface area contributed by atoms with E-state index in [-0.39, 0.29) is 5.54 Å². The van der Waals surface area contributed by atoms with E-state index in [1.165, 1.54) is 23.5 Å². The second kappa shape index (κ2) is 8.37. The van der Waals surface area contributed by atoms with Gasteiger partial charge in [0.2, 0.25) is 0 Å². The fourth-order valence-electron chi connectivity index (χ4n) is 3.75. The van der Waals surface area contributed by atoms with E-state index in [9.17, 15) is 0 Å². The average molecular weight is 371 g/mol. The molecule has 6 heteroatoms. The van der Waals surface area contributed by atoms with Crippen LogP contribution in [0.25, 0.3) is 0 Å². The van der Waals surface area contributed by atoms with Crippen molar-refractivity contribution in [2.45, 2.75) is 18.4 Å². The van der Waals surface area contributed by atoms with E-state index in [2.05, 4.69) is 51.2 Å². The van der Waals surface area contributed by atoms with E-state index in [4.69, 9.17) is 9.72 Å². The Hall–Kier alpha value is -1.63. The van der Waals surface area contributed by atoms with E-state index in [1.807, 2.05) is 18.3 Å². The van der Waals surface area contributed by atoms with Crippen molar-refractivity contribution in [1.82, 2.24) is 14.9 Å². The molecule has 26 heavy (non-hydrogen) atoms. The third-order valence-electron chi connectivity index (χ3n) is 5.27. The fraction of sp³-hybridized carbons (Fsp3) is 0.500. The van der Waals surface area contributed by atoms with Crippen LogP contribution < -0.4 is 5.32 Å². The summed E-state index contributed by atoms with van der Waals surface area (Å²) in [5.74, 6) is 4.21. The van der Waals surface area contributed by atoms with Crippen molar-refractivity contribution in [3.63, 3.8) is 0 Å². The zero-order valence-electron chi connectivity index (χ0n) is 15.1. The van der Waals surface area contributed by atoms with Gasteiger partial charge in [0.15, 0.2) is 0 Å². The minimum Gasteiger partial charge on any atom is -0.379 e. The third-order valence-corrected chi connectivity index (χ3v) is 6.51. The molecule has 0 saturated carbocycles. The molecule has 2 saturated heterocycles. The Balaban J connectivity index is 1.42. The van der Waals surface area contributed by atoms with E-state index < -0.39 is 0 Å². The van der Waals surface area contributed by atoms with E-state index in [1.54, 1.807) is 0 Å². The molecule has 1 aromatic heterocycles.